The molecule has 0 aliphatic rings. The summed E-state index contributed by atoms with van der Waals surface area (Å²) in [4.78, 5) is 11.2. The molecule has 1 rings (SSSR count). The molecule has 1 heterocycles. The normalized spacial score (nSPS) is 12.4. The van der Waals surface area contributed by atoms with E-state index in [1.807, 2.05) is 19.2 Å². The van der Waals surface area contributed by atoms with Crippen molar-refractivity contribution in [3.05, 3.63) is 22.4 Å². The van der Waals surface area contributed by atoms with E-state index < -0.39 is 0 Å². The summed E-state index contributed by atoms with van der Waals surface area (Å²) in [5.74, 6) is -0.136. The molecule has 15 heavy (non-hydrogen) atoms. The summed E-state index contributed by atoms with van der Waals surface area (Å²) in [5, 5.41) is 7.43. The third-order valence-electron chi connectivity index (χ3n) is 2.01. The lowest BCUT2D eigenvalue weighted by Crippen LogP contribution is -2.28. The SMILES string of the molecule is CCOC(=O)CC(C)NCc1ccsc1. The lowest BCUT2D eigenvalue weighted by Gasteiger charge is -2.12. The second-order valence-corrected chi connectivity index (χ2v) is 4.20. The van der Waals surface area contributed by atoms with Crippen molar-refractivity contribution >= 4 is 17.3 Å². The Morgan fingerprint density at radius 3 is 3.07 bits per heavy atom. The van der Waals surface area contributed by atoms with E-state index in [1.54, 1.807) is 11.3 Å². The van der Waals surface area contributed by atoms with Crippen LogP contribution in [0.2, 0.25) is 0 Å². The fraction of sp³-hybridized carbons (Fsp3) is 0.545. The first-order chi connectivity index (χ1) is 7.22. The van der Waals surface area contributed by atoms with Crippen LogP contribution in [-0.4, -0.2) is 18.6 Å². The van der Waals surface area contributed by atoms with Gasteiger partial charge in [-0.3, -0.25) is 4.79 Å². The maximum atomic E-state index is 11.2. The Hall–Kier alpha value is -0.870. The number of hydrogen-bond donors (Lipinski definition) is 1. The van der Waals surface area contributed by atoms with Crippen molar-refractivity contribution in [1.29, 1.82) is 0 Å². The van der Waals surface area contributed by atoms with Crippen molar-refractivity contribution in [3.63, 3.8) is 0 Å². The van der Waals surface area contributed by atoms with Crippen LogP contribution in [-0.2, 0) is 16.1 Å². The third-order valence-corrected chi connectivity index (χ3v) is 2.74. The molecule has 1 aromatic heterocycles. The van der Waals surface area contributed by atoms with Gasteiger partial charge in [0, 0.05) is 12.6 Å². The van der Waals surface area contributed by atoms with Crippen LogP contribution in [0.1, 0.15) is 25.8 Å². The average Bonchev–Trinajstić information content (AvgIpc) is 2.67. The Balaban J connectivity index is 2.18. The van der Waals surface area contributed by atoms with Crippen LogP contribution < -0.4 is 5.32 Å². The van der Waals surface area contributed by atoms with Gasteiger partial charge in [0.05, 0.1) is 13.0 Å². The summed E-state index contributed by atoms with van der Waals surface area (Å²) in [6, 6.07) is 2.23. The van der Waals surface area contributed by atoms with Crippen molar-refractivity contribution < 1.29 is 9.53 Å². The van der Waals surface area contributed by atoms with Gasteiger partial charge in [-0.25, -0.2) is 0 Å². The van der Waals surface area contributed by atoms with Crippen LogP contribution in [0, 0.1) is 0 Å². The molecule has 0 bridgehead atoms. The maximum absolute atomic E-state index is 11.2. The molecule has 1 aromatic rings. The van der Waals surface area contributed by atoms with Gasteiger partial charge < -0.3 is 10.1 Å². The molecular weight excluding hydrogens is 210 g/mol. The molecule has 0 aliphatic heterocycles. The highest BCUT2D eigenvalue weighted by atomic mass is 32.1. The largest absolute Gasteiger partial charge is 0.466 e. The summed E-state index contributed by atoms with van der Waals surface area (Å²) in [5.41, 5.74) is 1.26. The zero-order chi connectivity index (χ0) is 11.1. The van der Waals surface area contributed by atoms with Gasteiger partial charge in [0.2, 0.25) is 0 Å². The van der Waals surface area contributed by atoms with Gasteiger partial charge in [-0.05, 0) is 36.2 Å². The van der Waals surface area contributed by atoms with E-state index in [2.05, 4.69) is 16.8 Å². The second kappa shape index (κ2) is 6.58. The van der Waals surface area contributed by atoms with Gasteiger partial charge in [0.1, 0.15) is 0 Å². The lowest BCUT2D eigenvalue weighted by atomic mass is 10.2. The van der Waals surface area contributed by atoms with E-state index in [0.29, 0.717) is 13.0 Å². The van der Waals surface area contributed by atoms with E-state index >= 15 is 0 Å². The molecule has 0 spiro atoms. The number of rotatable bonds is 6. The number of esters is 1. The van der Waals surface area contributed by atoms with Gasteiger partial charge in [-0.15, -0.1) is 0 Å². The molecular formula is C11H17NO2S. The quantitative estimate of drug-likeness (QED) is 0.757. The predicted octanol–water partition coefficient (Wildman–Crippen LogP) is 2.18. The molecule has 0 fully saturated rings. The fourth-order valence-electron chi connectivity index (χ4n) is 1.23. The van der Waals surface area contributed by atoms with Gasteiger partial charge >= 0.3 is 5.97 Å². The van der Waals surface area contributed by atoms with E-state index in [9.17, 15) is 4.79 Å². The highest BCUT2D eigenvalue weighted by molar-refractivity contribution is 7.07. The number of nitrogens with one attached hydrogen (secondary N) is 1. The third kappa shape index (κ3) is 4.95. The highest BCUT2D eigenvalue weighted by Gasteiger charge is 2.08. The van der Waals surface area contributed by atoms with Crippen molar-refractivity contribution in [2.45, 2.75) is 32.9 Å². The van der Waals surface area contributed by atoms with Crippen molar-refractivity contribution in [3.8, 4) is 0 Å². The summed E-state index contributed by atoms with van der Waals surface area (Å²) >= 11 is 1.68. The molecule has 0 amide bonds. The Morgan fingerprint density at radius 2 is 2.47 bits per heavy atom. The summed E-state index contributed by atoms with van der Waals surface area (Å²) < 4.78 is 4.87. The molecule has 0 aliphatic carbocycles. The van der Waals surface area contributed by atoms with Gasteiger partial charge in [0.15, 0.2) is 0 Å². The number of carbonyl (C=O) groups is 1. The van der Waals surface area contributed by atoms with Gasteiger partial charge in [-0.2, -0.15) is 11.3 Å². The number of carbonyl (C=O) groups excluding carboxylic acids is 1. The molecule has 1 unspecified atom stereocenters. The molecule has 1 N–H and O–H groups in total. The Kier molecular flexibility index (Phi) is 5.36. The van der Waals surface area contributed by atoms with Crippen molar-refractivity contribution in [2.24, 2.45) is 0 Å². The number of hydrogen-bond acceptors (Lipinski definition) is 4. The Bertz CT molecular complexity index is 285. The smallest absolute Gasteiger partial charge is 0.307 e. The average molecular weight is 227 g/mol. The lowest BCUT2D eigenvalue weighted by molar-refractivity contribution is -0.143. The van der Waals surface area contributed by atoms with E-state index in [0.717, 1.165) is 6.54 Å². The molecule has 0 saturated heterocycles. The number of thiophene rings is 1. The highest BCUT2D eigenvalue weighted by Crippen LogP contribution is 2.06. The molecule has 84 valence electrons. The van der Waals surface area contributed by atoms with Crippen LogP contribution in [0.5, 0.6) is 0 Å². The molecule has 4 heteroatoms. The van der Waals surface area contributed by atoms with Crippen molar-refractivity contribution in [2.75, 3.05) is 6.61 Å². The van der Waals surface area contributed by atoms with Crippen molar-refractivity contribution in [1.82, 2.24) is 5.32 Å². The van der Waals surface area contributed by atoms with E-state index in [1.165, 1.54) is 5.56 Å². The second-order valence-electron chi connectivity index (χ2n) is 3.42. The topological polar surface area (TPSA) is 38.3 Å². The van der Waals surface area contributed by atoms with Crippen LogP contribution in [0.4, 0.5) is 0 Å². The number of ether oxygens (including phenoxy) is 1. The Labute approximate surface area is 94.5 Å². The zero-order valence-corrected chi connectivity index (χ0v) is 9.97. The van der Waals surface area contributed by atoms with Crippen LogP contribution in [0.15, 0.2) is 16.8 Å². The first-order valence-electron chi connectivity index (χ1n) is 5.12. The molecule has 0 radical (unpaired) electrons. The maximum Gasteiger partial charge on any atom is 0.307 e. The van der Waals surface area contributed by atoms with Gasteiger partial charge in [-0.1, -0.05) is 0 Å². The molecule has 3 nitrogen and oxygen atoms in total. The zero-order valence-electron chi connectivity index (χ0n) is 9.16. The van der Waals surface area contributed by atoms with Crippen LogP contribution in [0.3, 0.4) is 0 Å². The summed E-state index contributed by atoms with van der Waals surface area (Å²) in [6.45, 7) is 5.07. The first-order valence-corrected chi connectivity index (χ1v) is 6.06. The fourth-order valence-corrected chi connectivity index (χ4v) is 1.90. The minimum Gasteiger partial charge on any atom is -0.466 e. The predicted molar refractivity (Wildman–Crippen MR) is 61.9 cm³/mol. The minimum atomic E-state index is -0.136. The minimum absolute atomic E-state index is 0.136. The first kappa shape index (κ1) is 12.2. The van der Waals surface area contributed by atoms with E-state index in [4.69, 9.17) is 4.74 Å². The monoisotopic (exact) mass is 227 g/mol. The Morgan fingerprint density at radius 1 is 1.67 bits per heavy atom. The van der Waals surface area contributed by atoms with Crippen LogP contribution in [0.25, 0.3) is 0 Å². The molecule has 0 aromatic carbocycles. The standard InChI is InChI=1S/C11H17NO2S/c1-3-14-11(13)6-9(2)12-7-10-4-5-15-8-10/h4-5,8-9,12H,3,6-7H2,1-2H3. The summed E-state index contributed by atoms with van der Waals surface area (Å²) in [6.07, 6.45) is 0.429. The van der Waals surface area contributed by atoms with E-state index in [-0.39, 0.29) is 12.0 Å². The summed E-state index contributed by atoms with van der Waals surface area (Å²) in [7, 11) is 0. The van der Waals surface area contributed by atoms with Crippen LogP contribution >= 0.6 is 11.3 Å². The van der Waals surface area contributed by atoms with Gasteiger partial charge in [0.25, 0.3) is 0 Å². The molecule has 0 saturated carbocycles. The molecule has 1 atom stereocenters.